The van der Waals surface area contributed by atoms with Crippen LogP contribution in [0, 0.1) is 0 Å². The van der Waals surface area contributed by atoms with Crippen LogP contribution in [0.25, 0.3) is 11.3 Å². The number of hydrogen-bond acceptors (Lipinski definition) is 5. The van der Waals surface area contributed by atoms with Crippen molar-refractivity contribution in [2.75, 3.05) is 44.3 Å². The highest BCUT2D eigenvalue weighted by atomic mass is 35.5. The molecular weight excluding hydrogens is 324 g/mol. The minimum Gasteiger partial charge on any atom is -0.378 e. The molecule has 1 aromatic carbocycles. The van der Waals surface area contributed by atoms with E-state index in [9.17, 15) is 0 Å². The maximum atomic E-state index is 6.06. The molecule has 1 aromatic heterocycles. The Morgan fingerprint density at radius 3 is 2.54 bits per heavy atom. The predicted octanol–water partition coefficient (Wildman–Crippen LogP) is 2.32. The Kier molecular flexibility index (Phi) is 4.65. The van der Waals surface area contributed by atoms with Crippen molar-refractivity contribution in [3.8, 4) is 11.3 Å². The van der Waals surface area contributed by atoms with Crippen LogP contribution in [-0.2, 0) is 17.6 Å². The molecule has 6 heteroatoms. The first-order chi connectivity index (χ1) is 11.8. The van der Waals surface area contributed by atoms with E-state index in [2.05, 4.69) is 10.2 Å². The number of benzene rings is 1. The lowest BCUT2D eigenvalue weighted by molar-refractivity contribution is 0.122. The second-order valence-electron chi connectivity index (χ2n) is 6.15. The molecule has 0 radical (unpaired) electrons. The zero-order valence-corrected chi connectivity index (χ0v) is 14.4. The van der Waals surface area contributed by atoms with E-state index in [-0.39, 0.29) is 0 Å². The molecule has 2 aromatic rings. The molecule has 2 aliphatic rings. The van der Waals surface area contributed by atoms with E-state index in [1.165, 1.54) is 11.3 Å². The molecule has 0 atom stereocenters. The topological polar surface area (TPSA) is 50.3 Å². The summed E-state index contributed by atoms with van der Waals surface area (Å²) < 4.78 is 5.46. The second kappa shape index (κ2) is 7.05. The van der Waals surface area contributed by atoms with Gasteiger partial charge in [-0.05, 0) is 25.1 Å². The highest BCUT2D eigenvalue weighted by Crippen LogP contribution is 2.29. The number of aromatic nitrogens is 2. The van der Waals surface area contributed by atoms with Crippen molar-refractivity contribution in [3.63, 3.8) is 0 Å². The molecule has 5 nitrogen and oxygen atoms in total. The zero-order chi connectivity index (χ0) is 16.4. The van der Waals surface area contributed by atoms with Crippen LogP contribution < -0.4 is 10.2 Å². The van der Waals surface area contributed by atoms with Gasteiger partial charge in [-0.15, -0.1) is 0 Å². The number of nitrogens with zero attached hydrogens (tertiary/aromatic N) is 3. The van der Waals surface area contributed by atoms with Gasteiger partial charge in [0, 0.05) is 42.2 Å². The van der Waals surface area contributed by atoms with Gasteiger partial charge in [0.1, 0.15) is 0 Å². The van der Waals surface area contributed by atoms with Crippen molar-refractivity contribution in [1.82, 2.24) is 15.3 Å². The summed E-state index contributed by atoms with van der Waals surface area (Å²) in [7, 11) is 0. The van der Waals surface area contributed by atoms with Gasteiger partial charge >= 0.3 is 0 Å². The van der Waals surface area contributed by atoms with Crippen molar-refractivity contribution in [2.24, 2.45) is 0 Å². The molecule has 1 saturated heterocycles. The van der Waals surface area contributed by atoms with Gasteiger partial charge in [-0.1, -0.05) is 23.7 Å². The van der Waals surface area contributed by atoms with E-state index in [1.807, 2.05) is 24.3 Å². The summed E-state index contributed by atoms with van der Waals surface area (Å²) in [5.74, 6) is 0.823. The van der Waals surface area contributed by atoms with Crippen LogP contribution in [0.2, 0.25) is 5.02 Å². The van der Waals surface area contributed by atoms with Crippen molar-refractivity contribution >= 4 is 17.5 Å². The molecule has 0 saturated carbocycles. The fourth-order valence-corrected chi connectivity index (χ4v) is 3.41. The quantitative estimate of drug-likeness (QED) is 0.906. The molecule has 126 valence electrons. The van der Waals surface area contributed by atoms with Crippen LogP contribution in [-0.4, -0.2) is 49.4 Å². The summed E-state index contributed by atoms with van der Waals surface area (Å²) in [6.07, 6.45) is 1.90. The van der Waals surface area contributed by atoms with Crippen LogP contribution in [0.3, 0.4) is 0 Å². The summed E-state index contributed by atoms with van der Waals surface area (Å²) in [5, 5.41) is 4.20. The van der Waals surface area contributed by atoms with E-state index >= 15 is 0 Å². The van der Waals surface area contributed by atoms with Crippen LogP contribution >= 0.6 is 11.6 Å². The number of rotatable bonds is 2. The third-order valence-electron chi connectivity index (χ3n) is 4.58. The highest BCUT2D eigenvalue weighted by Gasteiger charge is 2.21. The second-order valence-corrected chi connectivity index (χ2v) is 6.59. The average Bonchev–Trinajstić information content (AvgIpc) is 2.88. The molecule has 0 aliphatic carbocycles. The standard InChI is InChI=1S/C18H21ClN4O/c19-14-3-1-13(2-4-14)17-15-5-7-20-8-6-16(15)21-18(22-17)23-9-11-24-12-10-23/h1-4,20H,5-12H2. The Morgan fingerprint density at radius 2 is 1.75 bits per heavy atom. The minimum absolute atomic E-state index is 0.734. The Bertz CT molecular complexity index is 714. The number of morpholine rings is 1. The normalized spacial score (nSPS) is 18.1. The van der Waals surface area contributed by atoms with Gasteiger partial charge in [-0.25, -0.2) is 9.97 Å². The molecular formula is C18H21ClN4O. The fraction of sp³-hybridized carbons (Fsp3) is 0.444. The number of halogens is 1. The van der Waals surface area contributed by atoms with E-state index in [0.717, 1.165) is 74.5 Å². The first-order valence-corrected chi connectivity index (χ1v) is 8.88. The van der Waals surface area contributed by atoms with Crippen LogP contribution in [0.5, 0.6) is 0 Å². The lowest BCUT2D eigenvalue weighted by Crippen LogP contribution is -2.37. The average molecular weight is 345 g/mol. The molecule has 3 heterocycles. The number of anilines is 1. The third-order valence-corrected chi connectivity index (χ3v) is 4.83. The molecule has 0 spiro atoms. The maximum Gasteiger partial charge on any atom is 0.226 e. The number of ether oxygens (including phenoxy) is 1. The fourth-order valence-electron chi connectivity index (χ4n) is 3.28. The van der Waals surface area contributed by atoms with Gasteiger partial charge in [0.05, 0.1) is 24.6 Å². The van der Waals surface area contributed by atoms with Crippen LogP contribution in [0.1, 0.15) is 11.3 Å². The summed E-state index contributed by atoms with van der Waals surface area (Å²) in [4.78, 5) is 12.1. The summed E-state index contributed by atoms with van der Waals surface area (Å²) in [6.45, 7) is 5.09. The minimum atomic E-state index is 0.734. The highest BCUT2D eigenvalue weighted by molar-refractivity contribution is 6.30. The van der Waals surface area contributed by atoms with Crippen molar-refractivity contribution in [3.05, 3.63) is 40.5 Å². The summed E-state index contributed by atoms with van der Waals surface area (Å²) in [6, 6.07) is 7.95. The number of nitrogens with one attached hydrogen (secondary N) is 1. The SMILES string of the molecule is Clc1ccc(-c2nc(N3CCOCC3)nc3c2CCNCC3)cc1. The summed E-state index contributed by atoms with van der Waals surface area (Å²) in [5.41, 5.74) is 4.58. The van der Waals surface area contributed by atoms with Crippen LogP contribution in [0.15, 0.2) is 24.3 Å². The van der Waals surface area contributed by atoms with E-state index in [1.54, 1.807) is 0 Å². The maximum absolute atomic E-state index is 6.06. The van der Waals surface area contributed by atoms with E-state index in [0.29, 0.717) is 0 Å². The van der Waals surface area contributed by atoms with E-state index in [4.69, 9.17) is 26.3 Å². The van der Waals surface area contributed by atoms with Gasteiger partial charge in [0.25, 0.3) is 0 Å². The Balaban J connectivity index is 1.81. The van der Waals surface area contributed by atoms with Crippen molar-refractivity contribution in [1.29, 1.82) is 0 Å². The first-order valence-electron chi connectivity index (χ1n) is 8.50. The van der Waals surface area contributed by atoms with Crippen molar-refractivity contribution < 1.29 is 4.74 Å². The monoisotopic (exact) mass is 344 g/mol. The molecule has 4 rings (SSSR count). The Hall–Kier alpha value is -1.69. The number of hydrogen-bond donors (Lipinski definition) is 1. The molecule has 24 heavy (non-hydrogen) atoms. The van der Waals surface area contributed by atoms with Gasteiger partial charge in [0.15, 0.2) is 0 Å². The summed E-state index contributed by atoms with van der Waals surface area (Å²) >= 11 is 6.06. The predicted molar refractivity (Wildman–Crippen MR) is 95.8 cm³/mol. The molecule has 1 N–H and O–H groups in total. The lowest BCUT2D eigenvalue weighted by Gasteiger charge is -2.28. The molecule has 1 fully saturated rings. The smallest absolute Gasteiger partial charge is 0.226 e. The Labute approximate surface area is 147 Å². The lowest BCUT2D eigenvalue weighted by atomic mass is 10.0. The van der Waals surface area contributed by atoms with Crippen LogP contribution in [0.4, 0.5) is 5.95 Å². The number of fused-ring (bicyclic) bond motifs is 1. The molecule has 0 bridgehead atoms. The molecule has 0 amide bonds. The first kappa shape index (κ1) is 15.8. The zero-order valence-electron chi connectivity index (χ0n) is 13.6. The molecule has 2 aliphatic heterocycles. The van der Waals surface area contributed by atoms with Gasteiger partial charge in [-0.2, -0.15) is 0 Å². The third kappa shape index (κ3) is 3.24. The van der Waals surface area contributed by atoms with Crippen molar-refractivity contribution in [2.45, 2.75) is 12.8 Å². The molecule has 0 unspecified atom stereocenters. The van der Waals surface area contributed by atoms with E-state index < -0.39 is 0 Å². The van der Waals surface area contributed by atoms with Gasteiger partial charge in [0.2, 0.25) is 5.95 Å². The largest absolute Gasteiger partial charge is 0.378 e. The van der Waals surface area contributed by atoms with Gasteiger partial charge in [-0.3, -0.25) is 0 Å². The Morgan fingerprint density at radius 1 is 1.00 bits per heavy atom. The van der Waals surface area contributed by atoms with Gasteiger partial charge < -0.3 is 15.0 Å².